The smallest absolute Gasteiger partial charge is 0.157 e. The van der Waals surface area contributed by atoms with Crippen molar-refractivity contribution in [2.24, 2.45) is 0 Å². The molecule has 0 atom stereocenters. The van der Waals surface area contributed by atoms with E-state index in [-0.39, 0.29) is 11.1 Å². The van der Waals surface area contributed by atoms with Crippen LogP contribution in [0.4, 0.5) is 0 Å². The van der Waals surface area contributed by atoms with E-state index in [4.69, 9.17) is 55.9 Å². The van der Waals surface area contributed by atoms with Gasteiger partial charge in [0.1, 0.15) is 23.5 Å². The van der Waals surface area contributed by atoms with Crippen molar-refractivity contribution in [2.75, 3.05) is 6.61 Å². The maximum atomic E-state index is 6.30. The van der Waals surface area contributed by atoms with Crippen LogP contribution in [0.5, 0.6) is 11.5 Å². The van der Waals surface area contributed by atoms with E-state index in [9.17, 15) is 0 Å². The maximum absolute atomic E-state index is 6.30. The van der Waals surface area contributed by atoms with Crippen molar-refractivity contribution in [3.63, 3.8) is 0 Å². The summed E-state index contributed by atoms with van der Waals surface area (Å²) in [5.74, 6) is 0.919. The highest BCUT2D eigenvalue weighted by molar-refractivity contribution is 6.55. The summed E-state index contributed by atoms with van der Waals surface area (Å²) in [5, 5.41) is 3.02. The molecule has 0 unspecified atom stereocenters. The first-order chi connectivity index (χ1) is 12.5. The average Bonchev–Trinajstić information content (AvgIpc) is 2.61. The van der Waals surface area contributed by atoms with Crippen molar-refractivity contribution in [1.29, 1.82) is 0 Å². The van der Waals surface area contributed by atoms with Gasteiger partial charge in [0.15, 0.2) is 5.75 Å². The average molecular weight is 428 g/mol. The van der Waals surface area contributed by atoms with Crippen molar-refractivity contribution in [2.45, 2.75) is 6.61 Å². The monoisotopic (exact) mass is 426 g/mol. The summed E-state index contributed by atoms with van der Waals surface area (Å²) in [6.45, 7) is 0.566. The minimum atomic E-state index is 0.136. The van der Waals surface area contributed by atoms with Crippen LogP contribution in [-0.2, 0) is 6.61 Å². The Morgan fingerprint density at radius 1 is 0.885 bits per heavy atom. The highest BCUT2D eigenvalue weighted by atomic mass is 35.5. The summed E-state index contributed by atoms with van der Waals surface area (Å²) in [7, 11) is 0. The molecule has 0 fully saturated rings. The molecule has 0 N–H and O–H groups in total. The Balaban J connectivity index is 1.76. The zero-order valence-corrected chi connectivity index (χ0v) is 16.5. The van der Waals surface area contributed by atoms with Crippen LogP contribution < -0.4 is 9.47 Å². The van der Waals surface area contributed by atoms with Crippen molar-refractivity contribution < 1.29 is 9.47 Å². The lowest BCUT2D eigenvalue weighted by Gasteiger charge is -2.13. The van der Waals surface area contributed by atoms with Gasteiger partial charge < -0.3 is 9.47 Å². The topological polar surface area (TPSA) is 18.5 Å². The van der Waals surface area contributed by atoms with Crippen LogP contribution in [0.3, 0.4) is 0 Å². The van der Waals surface area contributed by atoms with E-state index in [0.717, 1.165) is 16.3 Å². The number of ether oxygens (including phenoxy) is 2. The summed E-state index contributed by atoms with van der Waals surface area (Å²) in [5.41, 5.74) is 1.05. The number of rotatable bonds is 6. The Kier molecular flexibility index (Phi) is 6.55. The van der Waals surface area contributed by atoms with Crippen molar-refractivity contribution >= 4 is 57.2 Å². The summed E-state index contributed by atoms with van der Waals surface area (Å²) >= 11 is 23.7. The molecule has 0 bridgehead atoms. The molecule has 0 amide bonds. The molecule has 0 saturated heterocycles. The van der Waals surface area contributed by atoms with Gasteiger partial charge >= 0.3 is 0 Å². The zero-order valence-electron chi connectivity index (χ0n) is 13.5. The normalized spacial score (nSPS) is 10.6. The van der Waals surface area contributed by atoms with Crippen LogP contribution in [0.25, 0.3) is 10.8 Å². The van der Waals surface area contributed by atoms with Crippen LogP contribution in [-0.4, -0.2) is 6.61 Å². The SMILES string of the molecule is ClC(Cl)=CCOc1cc(Cl)c(OCc2cccc3ccccc23)c(Cl)c1. The number of hydrogen-bond acceptors (Lipinski definition) is 2. The second-order valence-corrected chi connectivity index (χ2v) is 7.27. The Hall–Kier alpha value is -1.58. The van der Waals surface area contributed by atoms with Gasteiger partial charge in [-0.2, -0.15) is 0 Å². The van der Waals surface area contributed by atoms with Crippen molar-refractivity contribution in [1.82, 2.24) is 0 Å². The highest BCUT2D eigenvalue weighted by Gasteiger charge is 2.12. The van der Waals surface area contributed by atoms with Gasteiger partial charge in [-0.1, -0.05) is 88.9 Å². The van der Waals surface area contributed by atoms with Crippen molar-refractivity contribution in [3.05, 3.63) is 80.8 Å². The molecule has 134 valence electrons. The summed E-state index contributed by atoms with van der Waals surface area (Å²) in [4.78, 5) is 0. The fraction of sp³-hybridized carbons (Fsp3) is 0.100. The van der Waals surface area contributed by atoms with E-state index in [2.05, 4.69) is 18.2 Å². The quantitative estimate of drug-likeness (QED) is 0.407. The summed E-state index contributed by atoms with van der Waals surface area (Å²) in [6.07, 6.45) is 1.52. The Morgan fingerprint density at radius 3 is 2.31 bits per heavy atom. The molecule has 0 aliphatic heterocycles. The third-order valence-electron chi connectivity index (χ3n) is 3.71. The molecule has 3 rings (SSSR count). The molecule has 0 aliphatic rings. The van der Waals surface area contributed by atoms with Gasteiger partial charge in [-0.05, 0) is 22.4 Å². The third-order valence-corrected chi connectivity index (χ3v) is 4.58. The molecular weight excluding hydrogens is 414 g/mol. The van der Waals surface area contributed by atoms with E-state index >= 15 is 0 Å². The molecule has 0 aliphatic carbocycles. The van der Waals surface area contributed by atoms with E-state index in [0.29, 0.717) is 28.2 Å². The largest absolute Gasteiger partial charge is 0.489 e. The first kappa shape index (κ1) is 19.2. The molecule has 0 saturated carbocycles. The van der Waals surface area contributed by atoms with Gasteiger partial charge in [0.05, 0.1) is 10.0 Å². The zero-order chi connectivity index (χ0) is 18.5. The minimum absolute atomic E-state index is 0.136. The molecule has 0 aromatic heterocycles. The molecule has 0 heterocycles. The van der Waals surface area contributed by atoms with Crippen LogP contribution in [0.1, 0.15) is 5.56 Å². The van der Waals surface area contributed by atoms with Gasteiger partial charge in [-0.25, -0.2) is 0 Å². The molecule has 0 radical (unpaired) electrons. The maximum Gasteiger partial charge on any atom is 0.157 e. The molecule has 3 aromatic carbocycles. The minimum Gasteiger partial charge on any atom is -0.489 e. The van der Waals surface area contributed by atoms with E-state index in [1.54, 1.807) is 12.1 Å². The van der Waals surface area contributed by atoms with Crippen molar-refractivity contribution in [3.8, 4) is 11.5 Å². The first-order valence-corrected chi connectivity index (χ1v) is 9.28. The summed E-state index contributed by atoms with van der Waals surface area (Å²) in [6, 6.07) is 17.5. The molecule has 6 heteroatoms. The molecule has 0 spiro atoms. The number of fused-ring (bicyclic) bond motifs is 1. The Morgan fingerprint density at radius 2 is 1.58 bits per heavy atom. The first-order valence-electron chi connectivity index (χ1n) is 7.77. The molecular formula is C20H14Cl4O2. The lowest BCUT2D eigenvalue weighted by molar-refractivity contribution is 0.306. The van der Waals surface area contributed by atoms with E-state index in [1.807, 2.05) is 24.3 Å². The van der Waals surface area contributed by atoms with Crippen LogP contribution >= 0.6 is 46.4 Å². The fourth-order valence-corrected chi connectivity index (χ4v) is 3.23. The second-order valence-electron chi connectivity index (χ2n) is 5.45. The van der Waals surface area contributed by atoms with Gasteiger partial charge in [0, 0.05) is 12.1 Å². The molecule has 26 heavy (non-hydrogen) atoms. The van der Waals surface area contributed by atoms with Crippen LogP contribution in [0, 0.1) is 0 Å². The molecule has 2 nitrogen and oxygen atoms in total. The fourth-order valence-electron chi connectivity index (χ4n) is 2.53. The van der Waals surface area contributed by atoms with Gasteiger partial charge in [0.25, 0.3) is 0 Å². The predicted molar refractivity (Wildman–Crippen MR) is 110 cm³/mol. The Labute approximate surface area is 171 Å². The number of benzene rings is 3. The highest BCUT2D eigenvalue weighted by Crippen LogP contribution is 2.37. The Bertz CT molecular complexity index is 921. The van der Waals surface area contributed by atoms with Gasteiger partial charge in [-0.15, -0.1) is 0 Å². The van der Waals surface area contributed by atoms with Crippen LogP contribution in [0.2, 0.25) is 10.0 Å². The summed E-state index contributed by atoms with van der Waals surface area (Å²) < 4.78 is 11.5. The van der Waals surface area contributed by atoms with Gasteiger partial charge in [-0.3, -0.25) is 0 Å². The predicted octanol–water partition coefficient (Wildman–Crippen LogP) is 7.42. The lowest BCUT2D eigenvalue weighted by atomic mass is 10.1. The number of halogens is 4. The molecule has 3 aromatic rings. The van der Waals surface area contributed by atoms with Gasteiger partial charge in [0.2, 0.25) is 0 Å². The lowest BCUT2D eigenvalue weighted by Crippen LogP contribution is -1.99. The third kappa shape index (κ3) is 4.77. The van der Waals surface area contributed by atoms with E-state index < -0.39 is 0 Å². The number of hydrogen-bond donors (Lipinski definition) is 0. The second kappa shape index (κ2) is 8.88. The standard InChI is InChI=1S/C20H14Cl4O2/c21-17-10-15(25-9-8-19(23)24)11-18(22)20(17)26-12-14-6-3-5-13-4-1-2-7-16(13)14/h1-8,10-11H,9,12H2. The van der Waals surface area contributed by atoms with Crippen LogP contribution in [0.15, 0.2) is 65.2 Å². The van der Waals surface area contributed by atoms with E-state index in [1.165, 1.54) is 6.08 Å².